The van der Waals surface area contributed by atoms with Crippen LogP contribution in [0.5, 0.6) is 0 Å². The zero-order chi connectivity index (χ0) is 19.7. The molecule has 3 N–H and O–H groups in total. The van der Waals surface area contributed by atoms with E-state index < -0.39 is 5.54 Å². The van der Waals surface area contributed by atoms with Gasteiger partial charge in [0.2, 0.25) is 0 Å². The summed E-state index contributed by atoms with van der Waals surface area (Å²) in [5.74, 6) is 0.546. The highest BCUT2D eigenvalue weighted by Crippen LogP contribution is 2.39. The zero-order valence-electron chi connectivity index (χ0n) is 16.9. The van der Waals surface area contributed by atoms with Crippen LogP contribution in [-0.4, -0.2) is 27.6 Å². The van der Waals surface area contributed by atoms with Crippen LogP contribution in [0.25, 0.3) is 0 Å². The van der Waals surface area contributed by atoms with E-state index in [0.29, 0.717) is 12.3 Å². The van der Waals surface area contributed by atoms with Gasteiger partial charge in [0.05, 0.1) is 12.3 Å². The summed E-state index contributed by atoms with van der Waals surface area (Å²) in [7, 11) is 1.98. The van der Waals surface area contributed by atoms with Crippen molar-refractivity contribution in [2.75, 3.05) is 6.61 Å². The van der Waals surface area contributed by atoms with Crippen molar-refractivity contribution < 1.29 is 9.90 Å². The van der Waals surface area contributed by atoms with Gasteiger partial charge in [-0.1, -0.05) is 18.2 Å². The summed E-state index contributed by atoms with van der Waals surface area (Å²) in [5, 5.41) is 9.51. The van der Waals surface area contributed by atoms with Gasteiger partial charge in [0.25, 0.3) is 0 Å². The molecule has 0 radical (unpaired) electrons. The lowest BCUT2D eigenvalue weighted by Crippen LogP contribution is -2.40. The average molecular weight is 381 g/mol. The number of aryl methyl sites for hydroxylation is 3. The van der Waals surface area contributed by atoms with E-state index in [1.807, 2.05) is 17.7 Å². The Hall–Kier alpha value is -1.91. The molecule has 2 aliphatic carbocycles. The van der Waals surface area contributed by atoms with E-state index in [4.69, 9.17) is 5.73 Å². The molecule has 0 spiro atoms. The molecule has 1 saturated carbocycles. The van der Waals surface area contributed by atoms with Crippen molar-refractivity contribution in [3.05, 3.63) is 58.4 Å². The Kier molecular flexibility index (Phi) is 5.44. The number of fused-ring (bicyclic) bond motifs is 1. The molecule has 2 atom stereocenters. The predicted molar refractivity (Wildman–Crippen MR) is 112 cm³/mol. The summed E-state index contributed by atoms with van der Waals surface area (Å²) in [6, 6.07) is 10.9. The molecule has 4 rings (SSSR count). The molecule has 0 bridgehead atoms. The third-order valence-electron chi connectivity index (χ3n) is 6.86. The molecule has 1 aromatic heterocycles. The summed E-state index contributed by atoms with van der Waals surface area (Å²) < 4.78 is 2.05. The number of carbonyl (C=O) groups is 1. The minimum atomic E-state index is -0.463. The molecule has 2 unspecified atom stereocenters. The Balaban J connectivity index is 1.35. The van der Waals surface area contributed by atoms with Crippen molar-refractivity contribution in [1.82, 2.24) is 4.57 Å². The lowest BCUT2D eigenvalue weighted by molar-refractivity contribution is 0.0972. The predicted octanol–water partition coefficient (Wildman–Crippen LogP) is 3.68. The molecular formula is C24H32N2O2. The smallest absolute Gasteiger partial charge is 0.179 e. The fraction of sp³-hybridized carbons (Fsp3) is 0.542. The highest BCUT2D eigenvalue weighted by molar-refractivity contribution is 5.94. The van der Waals surface area contributed by atoms with E-state index in [0.717, 1.165) is 37.8 Å². The number of nitrogens with zero attached hydrogens (tertiary/aromatic N) is 1. The first-order valence-electron chi connectivity index (χ1n) is 10.7. The van der Waals surface area contributed by atoms with Crippen LogP contribution in [0.4, 0.5) is 0 Å². The minimum absolute atomic E-state index is 0.0302. The number of ketones is 1. The highest BCUT2D eigenvalue weighted by atomic mass is 16.3. The third-order valence-corrected chi connectivity index (χ3v) is 6.86. The maximum absolute atomic E-state index is 12.8. The fourth-order valence-corrected chi connectivity index (χ4v) is 5.13. The van der Waals surface area contributed by atoms with Crippen LogP contribution in [-0.2, 0) is 26.3 Å². The SMILES string of the molecule is Cn1c(C(=O)CCCc2ccc3c(c2)CCC3)ccc1C1CCC(N)(CO)C1. The summed E-state index contributed by atoms with van der Waals surface area (Å²) in [6.45, 7) is 0.0302. The molecule has 2 aliphatic rings. The molecule has 1 aromatic carbocycles. The first kappa shape index (κ1) is 19.4. The molecule has 0 saturated heterocycles. The van der Waals surface area contributed by atoms with Gasteiger partial charge in [0.1, 0.15) is 0 Å². The van der Waals surface area contributed by atoms with Gasteiger partial charge in [-0.15, -0.1) is 0 Å². The van der Waals surface area contributed by atoms with Gasteiger partial charge in [-0.2, -0.15) is 0 Å². The number of aliphatic hydroxyl groups excluding tert-OH is 1. The first-order chi connectivity index (χ1) is 13.5. The van der Waals surface area contributed by atoms with Crippen LogP contribution in [0.1, 0.15) is 77.3 Å². The number of Topliss-reactive ketones (excluding diaryl/α,β-unsaturated/α-hetero) is 1. The van der Waals surface area contributed by atoms with E-state index in [1.54, 1.807) is 0 Å². The maximum Gasteiger partial charge on any atom is 0.179 e. The van der Waals surface area contributed by atoms with Crippen LogP contribution in [0.15, 0.2) is 30.3 Å². The van der Waals surface area contributed by atoms with E-state index in [9.17, 15) is 9.90 Å². The van der Waals surface area contributed by atoms with Crippen LogP contribution in [0, 0.1) is 0 Å². The summed E-state index contributed by atoms with van der Waals surface area (Å²) in [5.41, 5.74) is 12.1. The molecule has 2 aromatic rings. The number of hydrogen-bond donors (Lipinski definition) is 2. The number of nitrogens with two attached hydrogens (primary N) is 1. The van der Waals surface area contributed by atoms with Gasteiger partial charge in [0, 0.05) is 30.6 Å². The molecule has 1 heterocycles. The van der Waals surface area contributed by atoms with Gasteiger partial charge in [0.15, 0.2) is 5.78 Å². The topological polar surface area (TPSA) is 68.2 Å². The van der Waals surface area contributed by atoms with Crippen molar-refractivity contribution in [3.8, 4) is 0 Å². The zero-order valence-corrected chi connectivity index (χ0v) is 16.9. The van der Waals surface area contributed by atoms with Crippen LogP contribution in [0.2, 0.25) is 0 Å². The fourth-order valence-electron chi connectivity index (χ4n) is 5.13. The second-order valence-corrected chi connectivity index (χ2v) is 8.90. The van der Waals surface area contributed by atoms with E-state index in [1.165, 1.54) is 41.6 Å². The van der Waals surface area contributed by atoms with E-state index in [-0.39, 0.29) is 12.4 Å². The van der Waals surface area contributed by atoms with Crippen molar-refractivity contribution in [2.45, 2.75) is 69.2 Å². The number of aromatic nitrogens is 1. The molecular weight excluding hydrogens is 348 g/mol. The van der Waals surface area contributed by atoms with Gasteiger partial charge in [-0.25, -0.2) is 0 Å². The second-order valence-electron chi connectivity index (χ2n) is 8.90. The monoisotopic (exact) mass is 380 g/mol. The van der Waals surface area contributed by atoms with Gasteiger partial charge in [-0.3, -0.25) is 4.79 Å². The van der Waals surface area contributed by atoms with Gasteiger partial charge >= 0.3 is 0 Å². The van der Waals surface area contributed by atoms with E-state index >= 15 is 0 Å². The molecule has 28 heavy (non-hydrogen) atoms. The number of rotatable bonds is 7. The Morgan fingerprint density at radius 3 is 2.86 bits per heavy atom. The minimum Gasteiger partial charge on any atom is -0.394 e. The molecule has 4 nitrogen and oxygen atoms in total. The number of aliphatic hydroxyl groups is 1. The normalized spacial score (nSPS) is 23.9. The molecule has 0 amide bonds. The number of benzene rings is 1. The standard InChI is InChI=1S/C24H32N2O2/c1-26-21(20-12-13-24(25,15-20)16-27)10-11-22(26)23(28)7-2-4-17-8-9-18-5-3-6-19(18)14-17/h8-11,14,20,27H,2-7,12-13,15-16,25H2,1H3. The largest absolute Gasteiger partial charge is 0.394 e. The van der Waals surface area contributed by atoms with Gasteiger partial charge in [-0.05, 0) is 80.2 Å². The van der Waals surface area contributed by atoms with Crippen molar-refractivity contribution in [2.24, 2.45) is 12.8 Å². The van der Waals surface area contributed by atoms with Gasteiger partial charge < -0.3 is 15.4 Å². The van der Waals surface area contributed by atoms with Crippen molar-refractivity contribution >= 4 is 5.78 Å². The first-order valence-corrected chi connectivity index (χ1v) is 10.7. The highest BCUT2D eigenvalue weighted by Gasteiger charge is 2.37. The van der Waals surface area contributed by atoms with Crippen LogP contribution in [0.3, 0.4) is 0 Å². The average Bonchev–Trinajstić information content (AvgIpc) is 3.40. The maximum atomic E-state index is 12.8. The quantitative estimate of drug-likeness (QED) is 0.720. The molecule has 4 heteroatoms. The Morgan fingerprint density at radius 1 is 1.25 bits per heavy atom. The van der Waals surface area contributed by atoms with Crippen molar-refractivity contribution in [3.63, 3.8) is 0 Å². The number of hydrogen-bond acceptors (Lipinski definition) is 3. The lowest BCUT2D eigenvalue weighted by Gasteiger charge is -2.21. The molecule has 150 valence electrons. The summed E-state index contributed by atoms with van der Waals surface area (Å²) in [4.78, 5) is 12.8. The number of carbonyl (C=O) groups excluding carboxylic acids is 1. The Bertz CT molecular complexity index is 869. The second kappa shape index (κ2) is 7.84. The van der Waals surface area contributed by atoms with Crippen LogP contribution >= 0.6 is 0 Å². The summed E-state index contributed by atoms with van der Waals surface area (Å²) >= 11 is 0. The van der Waals surface area contributed by atoms with E-state index in [2.05, 4.69) is 24.3 Å². The summed E-state index contributed by atoms with van der Waals surface area (Å²) in [6.07, 6.45) is 8.72. The lowest BCUT2D eigenvalue weighted by atomic mass is 9.97. The third kappa shape index (κ3) is 3.81. The molecule has 0 aliphatic heterocycles. The Labute approximate surface area is 167 Å². The Morgan fingerprint density at radius 2 is 2.07 bits per heavy atom. The molecule has 1 fully saturated rings. The van der Waals surface area contributed by atoms with Crippen LogP contribution < -0.4 is 5.73 Å². The van der Waals surface area contributed by atoms with Crippen molar-refractivity contribution in [1.29, 1.82) is 0 Å².